The lowest BCUT2D eigenvalue weighted by Crippen LogP contribution is -2.30. The van der Waals surface area contributed by atoms with Crippen LogP contribution in [0.1, 0.15) is 348 Å². The van der Waals surface area contributed by atoms with E-state index in [1.165, 1.54) is 186 Å². The summed E-state index contributed by atoms with van der Waals surface area (Å²) in [4.78, 5) is 38.3. The average Bonchev–Trinajstić information content (AvgIpc) is 3.47. The lowest BCUT2D eigenvalue weighted by Gasteiger charge is -2.18. The summed E-state index contributed by atoms with van der Waals surface area (Å²) in [6, 6.07) is 0. The van der Waals surface area contributed by atoms with Gasteiger partial charge in [0.05, 0.1) is 0 Å². The third kappa shape index (κ3) is 67.1. The van der Waals surface area contributed by atoms with Gasteiger partial charge in [-0.25, -0.2) is 0 Å². The van der Waals surface area contributed by atoms with Crippen LogP contribution in [-0.4, -0.2) is 37.2 Å². The Morgan fingerprint density at radius 1 is 0.256 bits per heavy atom. The second-order valence-electron chi connectivity index (χ2n) is 23.4. The predicted octanol–water partition coefficient (Wildman–Crippen LogP) is 24.4. The zero-order valence-electron chi connectivity index (χ0n) is 54.2. The van der Waals surface area contributed by atoms with Crippen LogP contribution < -0.4 is 0 Å². The monoisotopic (exact) mass is 1140 g/mol. The molecule has 0 amide bonds. The van der Waals surface area contributed by atoms with Crippen LogP contribution in [0.25, 0.3) is 0 Å². The first-order valence-electron chi connectivity index (χ1n) is 35.2. The maximum Gasteiger partial charge on any atom is 0.306 e. The van der Waals surface area contributed by atoms with E-state index in [2.05, 4.69) is 118 Å². The van der Waals surface area contributed by atoms with Crippen molar-refractivity contribution in [2.45, 2.75) is 354 Å². The van der Waals surface area contributed by atoms with Crippen LogP contribution in [0.5, 0.6) is 0 Å². The molecule has 0 rings (SSSR count). The molecule has 0 aliphatic carbocycles. The van der Waals surface area contributed by atoms with Crippen molar-refractivity contribution in [1.82, 2.24) is 0 Å². The highest BCUT2D eigenvalue weighted by Crippen LogP contribution is 2.18. The highest BCUT2D eigenvalue weighted by molar-refractivity contribution is 5.71. The molecule has 472 valence electrons. The fourth-order valence-corrected chi connectivity index (χ4v) is 10.1. The summed E-state index contributed by atoms with van der Waals surface area (Å²) >= 11 is 0. The van der Waals surface area contributed by atoms with Crippen molar-refractivity contribution in [3.8, 4) is 0 Å². The molecule has 0 saturated carbocycles. The molecule has 0 bridgehead atoms. The molecule has 6 heteroatoms. The van der Waals surface area contributed by atoms with E-state index in [9.17, 15) is 14.4 Å². The van der Waals surface area contributed by atoms with Gasteiger partial charge in [-0.15, -0.1) is 0 Å². The number of ether oxygens (including phenoxy) is 3. The van der Waals surface area contributed by atoms with Gasteiger partial charge in [-0.05, 0) is 96.3 Å². The fraction of sp³-hybridized carbons (Fsp3) is 0.750. The highest BCUT2D eigenvalue weighted by Gasteiger charge is 2.19. The Balaban J connectivity index is 4.11. The summed E-state index contributed by atoms with van der Waals surface area (Å²) in [5.74, 6) is -0.889. The number of esters is 3. The minimum Gasteiger partial charge on any atom is -0.462 e. The topological polar surface area (TPSA) is 78.9 Å². The smallest absolute Gasteiger partial charge is 0.306 e. The van der Waals surface area contributed by atoms with Gasteiger partial charge in [0.15, 0.2) is 6.10 Å². The zero-order valence-corrected chi connectivity index (χ0v) is 54.2. The number of hydrogen-bond donors (Lipinski definition) is 0. The van der Waals surface area contributed by atoms with E-state index >= 15 is 0 Å². The van der Waals surface area contributed by atoms with Crippen LogP contribution >= 0.6 is 0 Å². The number of rotatable bonds is 64. The second-order valence-corrected chi connectivity index (χ2v) is 23.4. The molecule has 0 N–H and O–H groups in total. The van der Waals surface area contributed by atoms with Gasteiger partial charge in [0.25, 0.3) is 0 Å². The zero-order chi connectivity index (χ0) is 59.2. The van der Waals surface area contributed by atoms with Crippen molar-refractivity contribution < 1.29 is 28.6 Å². The van der Waals surface area contributed by atoms with Crippen LogP contribution in [0.2, 0.25) is 0 Å². The van der Waals surface area contributed by atoms with Crippen molar-refractivity contribution in [2.75, 3.05) is 13.2 Å². The Hall–Kier alpha value is -3.67. The van der Waals surface area contributed by atoms with E-state index in [-0.39, 0.29) is 31.1 Å². The summed E-state index contributed by atoms with van der Waals surface area (Å²) in [6.45, 7) is 6.43. The minimum atomic E-state index is -0.787. The molecule has 82 heavy (non-hydrogen) atoms. The van der Waals surface area contributed by atoms with Crippen molar-refractivity contribution in [1.29, 1.82) is 0 Å². The molecule has 0 aromatic rings. The Morgan fingerprint density at radius 2 is 0.476 bits per heavy atom. The molecule has 0 aliphatic heterocycles. The molecule has 0 spiro atoms. The van der Waals surface area contributed by atoms with Crippen LogP contribution in [0.3, 0.4) is 0 Å². The SMILES string of the molecule is CC/C=C\C/C=C\C/C=C\C/C=C\CCCCCCCCCCCCCCCCCCCCCCCCC(=O)OCC(COC(=O)CCCCCCCCCCCCCC)OC(=O)CCCCCC/C=C\C/C=C\C/C=C\C/C=C\CC. The van der Waals surface area contributed by atoms with Crippen LogP contribution in [-0.2, 0) is 28.6 Å². The first-order chi connectivity index (χ1) is 40.5. The number of allylic oxidation sites excluding steroid dienone is 16. The van der Waals surface area contributed by atoms with Crippen molar-refractivity contribution in [2.24, 2.45) is 0 Å². The first kappa shape index (κ1) is 78.3. The van der Waals surface area contributed by atoms with Gasteiger partial charge in [0.1, 0.15) is 13.2 Å². The summed E-state index contributed by atoms with van der Waals surface area (Å²) in [7, 11) is 0. The number of hydrogen-bond acceptors (Lipinski definition) is 6. The van der Waals surface area contributed by atoms with Gasteiger partial charge < -0.3 is 14.2 Å². The van der Waals surface area contributed by atoms with E-state index in [1.807, 2.05) is 0 Å². The second kappa shape index (κ2) is 69.8. The van der Waals surface area contributed by atoms with Crippen molar-refractivity contribution in [3.63, 3.8) is 0 Å². The standard InChI is InChI=1S/C76H132O6/c1-4-7-10-13-16-19-22-25-27-29-30-31-32-33-34-35-36-37-38-39-40-41-42-43-44-45-46-48-49-51-54-57-60-63-66-69-75(78)81-72-73(71-80-74(77)68-65-62-59-56-53-24-21-18-15-12-9-6-3)82-76(79)70-67-64-61-58-55-52-50-47-28-26-23-20-17-14-11-8-5-2/h7-8,10-11,16-17,19-20,25-28,30-31,50,52,73H,4-6,9,12-15,18,21-24,29,32-49,51,53-72H2,1-3H3/b10-7-,11-8-,19-16-,20-17-,27-25-,28-26-,31-30-,52-50-. The summed E-state index contributed by atoms with van der Waals surface area (Å²) in [5, 5.41) is 0. The quantitative estimate of drug-likeness (QED) is 0.0261. The minimum absolute atomic E-state index is 0.0820. The maximum atomic E-state index is 12.9. The van der Waals surface area contributed by atoms with Crippen LogP contribution in [0, 0.1) is 0 Å². The molecule has 0 heterocycles. The lowest BCUT2D eigenvalue weighted by molar-refractivity contribution is -0.167. The van der Waals surface area contributed by atoms with Gasteiger partial charge in [0.2, 0.25) is 0 Å². The average molecular weight is 1140 g/mol. The Labute approximate surface area is 508 Å². The van der Waals surface area contributed by atoms with E-state index < -0.39 is 6.10 Å². The third-order valence-electron chi connectivity index (χ3n) is 15.3. The molecule has 1 atom stereocenters. The van der Waals surface area contributed by atoms with E-state index in [4.69, 9.17) is 14.2 Å². The first-order valence-corrected chi connectivity index (χ1v) is 35.2. The van der Waals surface area contributed by atoms with Crippen molar-refractivity contribution in [3.05, 3.63) is 97.2 Å². The number of carbonyl (C=O) groups excluding carboxylic acids is 3. The maximum absolute atomic E-state index is 12.9. The molecule has 0 radical (unpaired) electrons. The van der Waals surface area contributed by atoms with Gasteiger partial charge in [-0.3, -0.25) is 14.4 Å². The Morgan fingerprint density at radius 3 is 0.744 bits per heavy atom. The van der Waals surface area contributed by atoms with Gasteiger partial charge in [0, 0.05) is 19.3 Å². The molecule has 6 nitrogen and oxygen atoms in total. The van der Waals surface area contributed by atoms with Crippen molar-refractivity contribution >= 4 is 17.9 Å². The van der Waals surface area contributed by atoms with Crippen LogP contribution in [0.15, 0.2) is 97.2 Å². The molecule has 0 saturated heterocycles. The van der Waals surface area contributed by atoms with Gasteiger partial charge in [-0.2, -0.15) is 0 Å². The van der Waals surface area contributed by atoms with Crippen LogP contribution in [0.4, 0.5) is 0 Å². The highest BCUT2D eigenvalue weighted by atomic mass is 16.6. The van der Waals surface area contributed by atoms with E-state index in [0.717, 1.165) is 122 Å². The lowest BCUT2D eigenvalue weighted by atomic mass is 10.0. The molecular weight excluding hydrogens is 1010 g/mol. The van der Waals surface area contributed by atoms with E-state index in [0.29, 0.717) is 19.3 Å². The predicted molar refractivity (Wildman–Crippen MR) is 357 cm³/mol. The molecule has 0 aliphatic rings. The molecule has 0 aromatic heterocycles. The largest absolute Gasteiger partial charge is 0.462 e. The molecule has 0 aromatic carbocycles. The summed E-state index contributed by atoms with van der Waals surface area (Å²) < 4.78 is 16.9. The Bertz CT molecular complexity index is 1590. The van der Waals surface area contributed by atoms with E-state index in [1.54, 1.807) is 0 Å². The number of unbranched alkanes of at least 4 members (excludes halogenated alkanes) is 37. The Kier molecular flexibility index (Phi) is 66.7. The summed E-state index contributed by atoms with van der Waals surface area (Å²) in [6.07, 6.45) is 94.5. The molecule has 0 fully saturated rings. The van der Waals surface area contributed by atoms with Gasteiger partial charge >= 0.3 is 17.9 Å². The number of carbonyl (C=O) groups is 3. The molecule has 1 unspecified atom stereocenters. The normalized spacial score (nSPS) is 12.7. The summed E-state index contributed by atoms with van der Waals surface area (Å²) in [5.41, 5.74) is 0. The third-order valence-corrected chi connectivity index (χ3v) is 15.3. The van der Waals surface area contributed by atoms with Gasteiger partial charge in [-0.1, -0.05) is 330 Å². The molecular formula is C76H132O6. The fourth-order valence-electron chi connectivity index (χ4n) is 10.1.